The first-order chi connectivity index (χ1) is 11.4. The van der Waals surface area contributed by atoms with Crippen LogP contribution in [0.15, 0.2) is 47.4 Å². The van der Waals surface area contributed by atoms with Gasteiger partial charge in [0.25, 0.3) is 10.1 Å². The van der Waals surface area contributed by atoms with E-state index < -0.39 is 20.8 Å². The summed E-state index contributed by atoms with van der Waals surface area (Å²) in [7, 11) is -4.39. The van der Waals surface area contributed by atoms with Crippen LogP contribution < -0.4 is 39.4 Å². The Hall–Kier alpha value is -1.05. The van der Waals surface area contributed by atoms with Crippen molar-refractivity contribution in [1.29, 1.82) is 0 Å². The topological polar surface area (TPSA) is 86.7 Å². The predicted molar refractivity (Wildman–Crippen MR) is 90.1 cm³/mol. The summed E-state index contributed by atoms with van der Waals surface area (Å²) in [5, 5.41) is 11.9. The van der Waals surface area contributed by atoms with Crippen molar-refractivity contribution in [3.63, 3.8) is 0 Å². The van der Waals surface area contributed by atoms with E-state index in [0.29, 0.717) is 5.75 Å². The van der Waals surface area contributed by atoms with Gasteiger partial charge in [0.15, 0.2) is 0 Å². The third-order valence-electron chi connectivity index (χ3n) is 3.68. The molecule has 0 aliphatic heterocycles. The van der Waals surface area contributed by atoms with Crippen LogP contribution in [0.5, 0.6) is 17.2 Å². The maximum atomic E-state index is 11.9. The summed E-state index contributed by atoms with van der Waals surface area (Å²) in [6, 6.07) is 10.7. The Morgan fingerprint density at radius 3 is 2.28 bits per heavy atom. The first-order valence-corrected chi connectivity index (χ1v) is 9.39. The van der Waals surface area contributed by atoms with Crippen LogP contribution in [0.2, 0.25) is 0 Å². The van der Waals surface area contributed by atoms with E-state index in [1.165, 1.54) is 30.9 Å². The fraction of sp³-hybridized carbons (Fsp3) is 0.333. The Morgan fingerprint density at radius 1 is 1.04 bits per heavy atom. The molecule has 2 rings (SSSR count). The largest absolute Gasteiger partial charge is 1.00 e. The molecule has 2 aromatic rings. The molecule has 0 bridgehead atoms. The van der Waals surface area contributed by atoms with Gasteiger partial charge in [-0.1, -0.05) is 44.1 Å². The summed E-state index contributed by atoms with van der Waals surface area (Å²) in [5.74, 6) is -0.0872. The minimum Gasteiger partial charge on any atom is -0.870 e. The van der Waals surface area contributed by atoms with E-state index >= 15 is 0 Å². The zero-order valence-corrected chi connectivity index (χ0v) is 17.4. The van der Waals surface area contributed by atoms with Crippen molar-refractivity contribution in [3.05, 3.63) is 48.0 Å². The van der Waals surface area contributed by atoms with Crippen LogP contribution >= 0.6 is 0 Å². The maximum Gasteiger partial charge on any atom is 1.00 e. The standard InChI is InChI=1S/C18H22O5S.Na/c1-2-3-4-5-6-14-7-9-15(10-8-14)23-18-12-11-16(13-17(18)19)24(20,21)22;/h7-13,19H,2-6H2,1H3,(H,20,21,22);/q;+1/p-1. The molecule has 0 heterocycles. The van der Waals surface area contributed by atoms with Crippen molar-refractivity contribution >= 4 is 10.1 Å². The predicted octanol–water partition coefficient (Wildman–Crippen LogP) is 0.926. The number of ether oxygens (including phenoxy) is 1. The molecule has 0 fully saturated rings. The van der Waals surface area contributed by atoms with Crippen LogP contribution in [0.25, 0.3) is 0 Å². The summed E-state index contributed by atoms with van der Waals surface area (Å²) in [4.78, 5) is -0.442. The first kappa shape index (κ1) is 22.0. The first-order valence-electron chi connectivity index (χ1n) is 7.95. The fourth-order valence-corrected chi connectivity index (χ4v) is 2.84. The molecule has 0 aromatic heterocycles. The Bertz CT molecular complexity index is 773. The number of rotatable bonds is 8. The summed E-state index contributed by atoms with van der Waals surface area (Å²) < 4.78 is 36.4. The van der Waals surface area contributed by atoms with Gasteiger partial charge >= 0.3 is 29.6 Å². The fourth-order valence-electron chi connectivity index (χ4n) is 2.34. The average molecular weight is 372 g/mol. The molecule has 0 spiro atoms. The van der Waals surface area contributed by atoms with E-state index in [1.54, 1.807) is 12.1 Å². The molecule has 0 atom stereocenters. The molecule has 0 saturated carbocycles. The normalized spacial score (nSPS) is 11.0. The van der Waals surface area contributed by atoms with Gasteiger partial charge in [0.1, 0.15) is 11.5 Å². The van der Waals surface area contributed by atoms with E-state index in [1.807, 2.05) is 12.1 Å². The summed E-state index contributed by atoms with van der Waals surface area (Å²) in [6.07, 6.45) is 5.83. The second kappa shape index (κ2) is 10.2. The minimum atomic E-state index is -4.39. The molecule has 130 valence electrons. The second-order valence-corrected chi connectivity index (χ2v) is 7.06. The van der Waals surface area contributed by atoms with Crippen molar-refractivity contribution in [2.45, 2.75) is 43.9 Å². The number of aryl methyl sites for hydroxylation is 1. The van der Waals surface area contributed by atoms with Gasteiger partial charge < -0.3 is 9.84 Å². The molecule has 0 aliphatic carbocycles. The Labute approximate surface area is 171 Å². The van der Waals surface area contributed by atoms with Crippen molar-refractivity contribution in [3.8, 4) is 17.2 Å². The summed E-state index contributed by atoms with van der Waals surface area (Å²) in [6.45, 7) is 2.18. The Balaban J connectivity index is 0.00000312. The molecule has 7 heteroatoms. The van der Waals surface area contributed by atoms with Gasteiger partial charge in [0.2, 0.25) is 0 Å². The van der Waals surface area contributed by atoms with E-state index in [9.17, 15) is 13.5 Å². The molecular weight excluding hydrogens is 351 g/mol. The van der Waals surface area contributed by atoms with Crippen molar-refractivity contribution in [1.82, 2.24) is 0 Å². The quantitative estimate of drug-likeness (QED) is 0.423. The Kier molecular flexibility index (Phi) is 8.96. The molecule has 25 heavy (non-hydrogen) atoms. The van der Waals surface area contributed by atoms with Gasteiger partial charge in [-0.25, -0.2) is 0 Å². The van der Waals surface area contributed by atoms with E-state index in [4.69, 9.17) is 9.29 Å². The summed E-state index contributed by atoms with van der Waals surface area (Å²) >= 11 is 0. The van der Waals surface area contributed by atoms with Gasteiger partial charge in [-0.2, -0.15) is 8.42 Å². The second-order valence-electron chi connectivity index (χ2n) is 5.64. The van der Waals surface area contributed by atoms with Gasteiger partial charge in [0, 0.05) is 0 Å². The van der Waals surface area contributed by atoms with Crippen LogP contribution in [-0.2, 0) is 16.5 Å². The van der Waals surface area contributed by atoms with Gasteiger partial charge in [-0.3, -0.25) is 4.55 Å². The number of benzene rings is 2. The van der Waals surface area contributed by atoms with E-state index in [2.05, 4.69) is 6.92 Å². The number of unbranched alkanes of at least 4 members (excludes halogenated alkanes) is 3. The molecule has 0 radical (unpaired) electrons. The average Bonchev–Trinajstić information content (AvgIpc) is 2.54. The van der Waals surface area contributed by atoms with Crippen LogP contribution in [0.1, 0.15) is 38.2 Å². The van der Waals surface area contributed by atoms with Gasteiger partial charge in [-0.05, 0) is 48.7 Å². The van der Waals surface area contributed by atoms with Gasteiger partial charge in [0.05, 0.1) is 4.90 Å². The van der Waals surface area contributed by atoms with E-state index in [0.717, 1.165) is 25.0 Å². The summed E-state index contributed by atoms with van der Waals surface area (Å²) in [5.41, 5.74) is 1.21. The molecule has 5 nitrogen and oxygen atoms in total. The molecule has 0 saturated heterocycles. The van der Waals surface area contributed by atoms with Crippen molar-refractivity contribution in [2.75, 3.05) is 0 Å². The zero-order valence-electron chi connectivity index (χ0n) is 14.6. The van der Waals surface area contributed by atoms with Crippen molar-refractivity contribution < 1.29 is 52.4 Å². The smallest absolute Gasteiger partial charge is 0.870 e. The van der Waals surface area contributed by atoms with Crippen LogP contribution in [0.4, 0.5) is 0 Å². The minimum absolute atomic E-state index is 0. The molecule has 0 aliphatic rings. The molecule has 1 N–H and O–H groups in total. The zero-order chi connectivity index (χ0) is 17.6. The van der Waals surface area contributed by atoms with Crippen LogP contribution in [0.3, 0.4) is 0 Å². The maximum absolute atomic E-state index is 11.9. The Morgan fingerprint density at radius 2 is 1.72 bits per heavy atom. The monoisotopic (exact) mass is 372 g/mol. The van der Waals surface area contributed by atoms with E-state index in [-0.39, 0.29) is 35.3 Å². The molecule has 2 aromatic carbocycles. The number of hydrogen-bond acceptors (Lipinski definition) is 4. The van der Waals surface area contributed by atoms with Crippen LogP contribution in [-0.4, -0.2) is 13.0 Å². The third kappa shape index (κ3) is 6.99. The third-order valence-corrected chi connectivity index (χ3v) is 4.53. The SMILES string of the molecule is CCCCCCc1ccc(Oc2ccc(S(=O)(=O)O)cc2[O-])cc1.[Na+]. The molecule has 0 unspecified atom stereocenters. The van der Waals surface area contributed by atoms with Gasteiger partial charge in [-0.15, -0.1) is 0 Å². The molecule has 0 amide bonds. The van der Waals surface area contributed by atoms with Crippen molar-refractivity contribution in [2.24, 2.45) is 0 Å². The molecular formula is C18H21NaO5S. The van der Waals surface area contributed by atoms with Crippen LogP contribution in [0, 0.1) is 0 Å². The number of hydrogen-bond donors (Lipinski definition) is 1.